The molecule has 3 N–H and O–H groups in total. The molecule has 0 saturated carbocycles. The third-order valence-corrected chi connectivity index (χ3v) is 6.42. The summed E-state index contributed by atoms with van der Waals surface area (Å²) in [7, 11) is -1.95. The van der Waals surface area contributed by atoms with E-state index in [1.165, 1.54) is 25.7 Å². The van der Waals surface area contributed by atoms with Crippen LogP contribution < -0.4 is 15.8 Å². The minimum absolute atomic E-state index is 0.0652. The first kappa shape index (κ1) is 23.2. The number of nitrogens with zero attached hydrogens (tertiary/aromatic N) is 4. The molecule has 3 aromatic rings. The number of pyridine rings is 1. The molecule has 0 aliphatic heterocycles. The maximum Gasteiger partial charge on any atom is 0.177 e. The van der Waals surface area contributed by atoms with Crippen molar-refractivity contribution in [2.45, 2.75) is 24.8 Å². The quantitative estimate of drug-likeness (QED) is 0.550. The number of methoxy groups -OCH3 is 1. The van der Waals surface area contributed by atoms with Crippen molar-refractivity contribution >= 4 is 33.1 Å². The number of nitriles is 1. The molecular formula is C21H21ClN6O3S. The van der Waals surface area contributed by atoms with Gasteiger partial charge in [0.1, 0.15) is 35.3 Å². The molecule has 32 heavy (non-hydrogen) atoms. The molecule has 0 bridgehead atoms. The maximum absolute atomic E-state index is 12.0. The minimum Gasteiger partial charge on any atom is -0.496 e. The van der Waals surface area contributed by atoms with Crippen molar-refractivity contribution in [2.24, 2.45) is 0 Å². The number of sulfone groups is 1. The second-order valence-corrected chi connectivity index (χ2v) is 9.55. The summed E-state index contributed by atoms with van der Waals surface area (Å²) in [6.45, 7) is 3.66. The first-order valence-electron chi connectivity index (χ1n) is 9.38. The van der Waals surface area contributed by atoms with E-state index < -0.39 is 15.9 Å². The summed E-state index contributed by atoms with van der Waals surface area (Å²) in [6, 6.07) is 4.87. The topological polar surface area (TPSA) is 144 Å². The number of nitrogens with one attached hydrogen (secondary N) is 1. The van der Waals surface area contributed by atoms with Crippen molar-refractivity contribution in [1.82, 2.24) is 15.0 Å². The molecule has 0 radical (unpaired) electrons. The summed E-state index contributed by atoms with van der Waals surface area (Å²) >= 11 is 6.54. The molecule has 2 heterocycles. The van der Waals surface area contributed by atoms with Crippen LogP contribution in [0.5, 0.6) is 5.75 Å². The number of anilines is 2. The predicted octanol–water partition coefficient (Wildman–Crippen LogP) is 3.54. The zero-order chi connectivity index (χ0) is 23.6. The third-order valence-electron chi connectivity index (χ3n) is 4.95. The number of halogens is 1. The Hall–Kier alpha value is -3.42. The van der Waals surface area contributed by atoms with E-state index in [1.807, 2.05) is 19.9 Å². The molecule has 9 nitrogen and oxygen atoms in total. The first-order valence-corrected chi connectivity index (χ1v) is 11.6. The van der Waals surface area contributed by atoms with Gasteiger partial charge in [-0.2, -0.15) is 5.26 Å². The average molecular weight is 473 g/mol. The van der Waals surface area contributed by atoms with Gasteiger partial charge in [-0.3, -0.25) is 4.98 Å². The van der Waals surface area contributed by atoms with Gasteiger partial charge in [0.05, 0.1) is 18.0 Å². The van der Waals surface area contributed by atoms with E-state index in [0.717, 1.165) is 6.26 Å². The highest BCUT2D eigenvalue weighted by Crippen LogP contribution is 2.43. The molecule has 0 aliphatic rings. The van der Waals surface area contributed by atoms with Gasteiger partial charge in [-0.05, 0) is 31.5 Å². The van der Waals surface area contributed by atoms with Crippen molar-refractivity contribution in [3.8, 4) is 22.9 Å². The number of rotatable bonds is 6. The number of benzene rings is 1. The van der Waals surface area contributed by atoms with Gasteiger partial charge in [-0.15, -0.1) is 0 Å². The number of hydrogen-bond donors (Lipinski definition) is 2. The van der Waals surface area contributed by atoms with E-state index in [9.17, 15) is 13.7 Å². The molecule has 1 unspecified atom stereocenters. The van der Waals surface area contributed by atoms with Crippen LogP contribution in [0.2, 0.25) is 5.02 Å². The smallest absolute Gasteiger partial charge is 0.177 e. The fourth-order valence-corrected chi connectivity index (χ4v) is 4.10. The lowest BCUT2D eigenvalue weighted by Crippen LogP contribution is -2.13. The molecular weight excluding hydrogens is 452 g/mol. The highest BCUT2D eigenvalue weighted by atomic mass is 35.5. The fourth-order valence-electron chi connectivity index (χ4n) is 3.29. The van der Waals surface area contributed by atoms with Crippen molar-refractivity contribution in [2.75, 3.05) is 24.4 Å². The summed E-state index contributed by atoms with van der Waals surface area (Å²) in [6.07, 6.45) is 5.22. The average Bonchev–Trinajstić information content (AvgIpc) is 2.74. The second kappa shape index (κ2) is 8.98. The number of hydrogen-bond acceptors (Lipinski definition) is 9. The second-order valence-electron chi connectivity index (χ2n) is 7.12. The van der Waals surface area contributed by atoms with E-state index in [-0.39, 0.29) is 22.1 Å². The zero-order valence-electron chi connectivity index (χ0n) is 17.8. The highest BCUT2D eigenvalue weighted by molar-refractivity contribution is 7.90. The van der Waals surface area contributed by atoms with Gasteiger partial charge in [-0.1, -0.05) is 11.6 Å². The van der Waals surface area contributed by atoms with Gasteiger partial charge in [0, 0.05) is 40.4 Å². The maximum atomic E-state index is 12.0. The van der Waals surface area contributed by atoms with E-state index in [0.29, 0.717) is 33.0 Å². The van der Waals surface area contributed by atoms with Crippen LogP contribution in [0.4, 0.5) is 11.6 Å². The lowest BCUT2D eigenvalue weighted by atomic mass is 9.94. The Labute approximate surface area is 191 Å². The number of aromatic nitrogens is 3. The lowest BCUT2D eigenvalue weighted by molar-refractivity contribution is 0.409. The van der Waals surface area contributed by atoms with Crippen LogP contribution in [0.3, 0.4) is 0 Å². The molecule has 1 aromatic carbocycles. The molecule has 3 rings (SSSR count). The Morgan fingerprint density at radius 1 is 1.28 bits per heavy atom. The molecule has 1 atom stereocenters. The minimum atomic E-state index is -3.46. The van der Waals surface area contributed by atoms with Crippen LogP contribution in [-0.2, 0) is 9.84 Å². The van der Waals surface area contributed by atoms with E-state index in [2.05, 4.69) is 20.3 Å². The Morgan fingerprint density at radius 3 is 2.62 bits per heavy atom. The molecule has 2 aromatic heterocycles. The lowest BCUT2D eigenvalue weighted by Gasteiger charge is -2.23. The molecule has 0 spiro atoms. The van der Waals surface area contributed by atoms with Gasteiger partial charge in [0.2, 0.25) is 0 Å². The zero-order valence-corrected chi connectivity index (χ0v) is 19.4. The monoisotopic (exact) mass is 472 g/mol. The Balaban J connectivity index is 2.17. The van der Waals surface area contributed by atoms with Gasteiger partial charge >= 0.3 is 0 Å². The molecule has 0 saturated heterocycles. The van der Waals surface area contributed by atoms with Crippen LogP contribution in [0.25, 0.3) is 11.1 Å². The number of nitrogens with two attached hydrogens (primary N) is 1. The van der Waals surface area contributed by atoms with Gasteiger partial charge in [0.25, 0.3) is 0 Å². The molecule has 0 amide bonds. The SMILES string of the molecule is COc1c(C(C)Nc2ncnc(N)c2C#N)cc(Cl)c(C)c1-c1cncc(S(C)(=O)=O)c1. The molecule has 166 valence electrons. The molecule has 0 fully saturated rings. The summed E-state index contributed by atoms with van der Waals surface area (Å²) < 4.78 is 29.8. The van der Waals surface area contributed by atoms with Crippen LogP contribution in [0, 0.1) is 18.3 Å². The third kappa shape index (κ3) is 4.44. The molecule has 0 aliphatic carbocycles. The summed E-state index contributed by atoms with van der Waals surface area (Å²) in [5.41, 5.74) is 8.44. The Bertz CT molecular complexity index is 1340. The largest absolute Gasteiger partial charge is 0.496 e. The van der Waals surface area contributed by atoms with Crippen LogP contribution in [-0.4, -0.2) is 36.7 Å². The van der Waals surface area contributed by atoms with Crippen molar-refractivity contribution in [3.05, 3.63) is 52.6 Å². The Morgan fingerprint density at radius 2 is 2.00 bits per heavy atom. The normalized spacial score (nSPS) is 12.1. The standard InChI is InChI=1S/C21H21ClN6O3S/c1-11-17(22)6-15(12(2)28-21-16(7-23)20(24)26-10-27-21)19(31-3)18(11)13-5-14(9-25-8-13)32(4,29)30/h5-6,8-10,12H,1-4H3,(H3,24,26,27,28). The van der Waals surface area contributed by atoms with Gasteiger partial charge in [-0.25, -0.2) is 18.4 Å². The van der Waals surface area contributed by atoms with E-state index in [4.69, 9.17) is 22.1 Å². The Kier molecular flexibility index (Phi) is 6.52. The van der Waals surface area contributed by atoms with Crippen LogP contribution in [0.15, 0.2) is 35.7 Å². The van der Waals surface area contributed by atoms with E-state index >= 15 is 0 Å². The summed E-state index contributed by atoms with van der Waals surface area (Å²) in [5.74, 6) is 0.823. The van der Waals surface area contributed by atoms with E-state index in [1.54, 1.807) is 12.3 Å². The summed E-state index contributed by atoms with van der Waals surface area (Å²) in [4.78, 5) is 12.1. The van der Waals surface area contributed by atoms with Crippen molar-refractivity contribution < 1.29 is 13.2 Å². The van der Waals surface area contributed by atoms with Crippen molar-refractivity contribution in [1.29, 1.82) is 5.26 Å². The van der Waals surface area contributed by atoms with Crippen molar-refractivity contribution in [3.63, 3.8) is 0 Å². The van der Waals surface area contributed by atoms with Gasteiger partial charge in [0.15, 0.2) is 9.84 Å². The number of nitrogen functional groups attached to an aromatic ring is 1. The predicted molar refractivity (Wildman–Crippen MR) is 122 cm³/mol. The van der Waals surface area contributed by atoms with Gasteiger partial charge < -0.3 is 15.8 Å². The number of ether oxygens (including phenoxy) is 1. The van der Waals surface area contributed by atoms with Crippen LogP contribution >= 0.6 is 11.6 Å². The van der Waals surface area contributed by atoms with Crippen LogP contribution in [0.1, 0.15) is 29.7 Å². The first-order chi connectivity index (χ1) is 15.1. The molecule has 11 heteroatoms. The fraction of sp³-hybridized carbons (Fsp3) is 0.238. The summed E-state index contributed by atoms with van der Waals surface area (Å²) in [5, 5.41) is 13.0. The highest BCUT2D eigenvalue weighted by Gasteiger charge is 2.23.